The summed E-state index contributed by atoms with van der Waals surface area (Å²) in [7, 11) is 4.05. The number of pyridine rings is 1. The van der Waals surface area contributed by atoms with Gasteiger partial charge in [0.15, 0.2) is 0 Å². The van der Waals surface area contributed by atoms with Crippen molar-refractivity contribution >= 4 is 5.78 Å². The van der Waals surface area contributed by atoms with Gasteiger partial charge in [-0.2, -0.15) is 0 Å². The predicted octanol–water partition coefficient (Wildman–Crippen LogP) is 3.20. The number of ketones is 1. The number of rotatable bonds is 6. The predicted molar refractivity (Wildman–Crippen MR) is 86.2 cm³/mol. The van der Waals surface area contributed by atoms with E-state index in [0.717, 1.165) is 17.7 Å². The van der Waals surface area contributed by atoms with Crippen LogP contribution in [0.3, 0.4) is 0 Å². The molecule has 0 bridgehead atoms. The molecule has 0 spiro atoms. The molecule has 1 heterocycles. The van der Waals surface area contributed by atoms with E-state index in [9.17, 15) is 4.79 Å². The first kappa shape index (κ1) is 15.4. The maximum atomic E-state index is 11.4. The average Bonchev–Trinajstić information content (AvgIpc) is 2.48. The van der Waals surface area contributed by atoms with Crippen LogP contribution in [0, 0.1) is 0 Å². The molecule has 0 saturated heterocycles. The highest BCUT2D eigenvalue weighted by Crippen LogP contribution is 2.18. The molecule has 0 N–H and O–H groups in total. The second-order valence-electron chi connectivity index (χ2n) is 5.64. The molecule has 0 amide bonds. The average molecular weight is 282 g/mol. The van der Waals surface area contributed by atoms with Gasteiger partial charge >= 0.3 is 0 Å². The van der Waals surface area contributed by atoms with Crippen molar-refractivity contribution in [3.05, 3.63) is 54.2 Å². The summed E-state index contributed by atoms with van der Waals surface area (Å²) < 4.78 is 0. The van der Waals surface area contributed by atoms with Gasteiger partial charge in [-0.15, -0.1) is 0 Å². The van der Waals surface area contributed by atoms with Crippen LogP contribution in [0.25, 0.3) is 11.3 Å². The Kier molecular flexibility index (Phi) is 5.23. The second-order valence-corrected chi connectivity index (χ2v) is 5.64. The summed E-state index contributed by atoms with van der Waals surface area (Å²) in [6, 6.07) is 14.6. The maximum Gasteiger partial charge on any atom is 0.131 e. The van der Waals surface area contributed by atoms with Crippen LogP contribution < -0.4 is 0 Å². The zero-order chi connectivity index (χ0) is 15.2. The van der Waals surface area contributed by atoms with E-state index in [1.807, 2.05) is 32.3 Å². The minimum Gasteiger partial charge on any atom is -0.306 e. The summed E-state index contributed by atoms with van der Waals surface area (Å²) >= 11 is 0. The quantitative estimate of drug-likeness (QED) is 0.815. The Morgan fingerprint density at radius 1 is 1.14 bits per heavy atom. The molecular formula is C18H22N2O. The van der Waals surface area contributed by atoms with Crippen LogP contribution in [-0.2, 0) is 11.2 Å². The first-order chi connectivity index (χ1) is 10.1. The zero-order valence-corrected chi connectivity index (χ0v) is 12.9. The third kappa shape index (κ3) is 4.50. The van der Waals surface area contributed by atoms with E-state index < -0.39 is 0 Å². The standard InChI is InChI=1S/C18H22N2O/c1-14(21)12-17(20(2)3)13-15-7-9-16(10-8-15)18-6-4-5-11-19-18/h4-11,17H,12-13H2,1-3H3. The number of benzene rings is 1. The molecule has 1 aromatic heterocycles. The van der Waals surface area contributed by atoms with Gasteiger partial charge < -0.3 is 4.90 Å². The fourth-order valence-electron chi connectivity index (χ4n) is 2.39. The molecule has 1 aromatic carbocycles. The van der Waals surface area contributed by atoms with E-state index in [1.165, 1.54) is 5.56 Å². The lowest BCUT2D eigenvalue weighted by molar-refractivity contribution is -0.118. The Labute approximate surface area is 126 Å². The first-order valence-corrected chi connectivity index (χ1v) is 7.22. The smallest absolute Gasteiger partial charge is 0.131 e. The number of carbonyl (C=O) groups is 1. The van der Waals surface area contributed by atoms with Gasteiger partial charge in [0.05, 0.1) is 5.69 Å². The van der Waals surface area contributed by atoms with Crippen LogP contribution in [0.5, 0.6) is 0 Å². The highest BCUT2D eigenvalue weighted by Gasteiger charge is 2.14. The fraction of sp³-hybridized carbons (Fsp3) is 0.333. The second kappa shape index (κ2) is 7.14. The number of nitrogens with zero attached hydrogens (tertiary/aromatic N) is 2. The zero-order valence-electron chi connectivity index (χ0n) is 12.9. The monoisotopic (exact) mass is 282 g/mol. The van der Waals surface area contributed by atoms with Gasteiger partial charge in [-0.3, -0.25) is 9.78 Å². The number of aromatic nitrogens is 1. The molecule has 0 aliphatic heterocycles. The summed E-state index contributed by atoms with van der Waals surface area (Å²) in [5, 5.41) is 0. The molecule has 0 aliphatic carbocycles. The van der Waals surface area contributed by atoms with Crippen LogP contribution in [0.4, 0.5) is 0 Å². The lowest BCUT2D eigenvalue weighted by Crippen LogP contribution is -2.31. The Morgan fingerprint density at radius 3 is 2.38 bits per heavy atom. The van der Waals surface area contributed by atoms with Gasteiger partial charge in [0.2, 0.25) is 0 Å². The van der Waals surface area contributed by atoms with Crippen molar-refractivity contribution in [2.24, 2.45) is 0 Å². The van der Waals surface area contributed by atoms with Gasteiger partial charge in [-0.25, -0.2) is 0 Å². The molecule has 3 nitrogen and oxygen atoms in total. The largest absolute Gasteiger partial charge is 0.306 e. The molecule has 0 saturated carbocycles. The van der Waals surface area contributed by atoms with Gasteiger partial charge in [0, 0.05) is 24.2 Å². The number of likely N-dealkylation sites (N-methyl/N-ethyl adjacent to an activating group) is 1. The summed E-state index contributed by atoms with van der Waals surface area (Å²) in [5.41, 5.74) is 3.35. The van der Waals surface area contributed by atoms with Crippen molar-refractivity contribution in [1.82, 2.24) is 9.88 Å². The van der Waals surface area contributed by atoms with Crippen molar-refractivity contribution < 1.29 is 4.79 Å². The summed E-state index contributed by atoms with van der Waals surface area (Å²) in [4.78, 5) is 17.8. The third-order valence-corrected chi connectivity index (χ3v) is 3.64. The van der Waals surface area contributed by atoms with E-state index in [2.05, 4.69) is 34.1 Å². The summed E-state index contributed by atoms with van der Waals surface area (Å²) in [6.45, 7) is 1.65. The maximum absolute atomic E-state index is 11.4. The highest BCUT2D eigenvalue weighted by molar-refractivity contribution is 5.76. The van der Waals surface area contributed by atoms with Gasteiger partial charge in [0.25, 0.3) is 0 Å². The molecule has 0 radical (unpaired) electrons. The van der Waals surface area contributed by atoms with Crippen LogP contribution in [0.1, 0.15) is 18.9 Å². The lowest BCUT2D eigenvalue weighted by atomic mass is 9.99. The third-order valence-electron chi connectivity index (χ3n) is 3.64. The topological polar surface area (TPSA) is 33.2 Å². The van der Waals surface area contributed by atoms with E-state index in [-0.39, 0.29) is 11.8 Å². The molecule has 0 fully saturated rings. The van der Waals surface area contributed by atoms with Crippen LogP contribution in [0.15, 0.2) is 48.7 Å². The Morgan fingerprint density at radius 2 is 1.86 bits per heavy atom. The Hall–Kier alpha value is -2.00. The molecule has 110 valence electrons. The molecule has 0 aliphatic rings. The van der Waals surface area contributed by atoms with E-state index in [1.54, 1.807) is 13.1 Å². The number of hydrogen-bond acceptors (Lipinski definition) is 3. The van der Waals surface area contributed by atoms with Crippen molar-refractivity contribution in [2.75, 3.05) is 14.1 Å². The van der Waals surface area contributed by atoms with E-state index in [0.29, 0.717) is 6.42 Å². The fourth-order valence-corrected chi connectivity index (χ4v) is 2.39. The van der Waals surface area contributed by atoms with Crippen molar-refractivity contribution in [2.45, 2.75) is 25.8 Å². The van der Waals surface area contributed by atoms with Crippen LogP contribution >= 0.6 is 0 Å². The highest BCUT2D eigenvalue weighted by atomic mass is 16.1. The molecule has 1 atom stereocenters. The number of carbonyl (C=O) groups excluding carboxylic acids is 1. The molecule has 3 heteroatoms. The van der Waals surface area contributed by atoms with Crippen molar-refractivity contribution in [3.63, 3.8) is 0 Å². The first-order valence-electron chi connectivity index (χ1n) is 7.22. The van der Waals surface area contributed by atoms with E-state index >= 15 is 0 Å². The summed E-state index contributed by atoms with van der Waals surface area (Å²) in [6.07, 6.45) is 3.28. The molecule has 21 heavy (non-hydrogen) atoms. The lowest BCUT2D eigenvalue weighted by Gasteiger charge is -2.23. The number of hydrogen-bond donors (Lipinski definition) is 0. The van der Waals surface area contributed by atoms with Crippen molar-refractivity contribution in [3.8, 4) is 11.3 Å². The van der Waals surface area contributed by atoms with Gasteiger partial charge in [-0.1, -0.05) is 30.3 Å². The van der Waals surface area contributed by atoms with E-state index in [4.69, 9.17) is 0 Å². The minimum absolute atomic E-state index is 0.235. The SMILES string of the molecule is CC(=O)CC(Cc1ccc(-c2ccccn2)cc1)N(C)C. The van der Waals surface area contributed by atoms with Crippen LogP contribution in [0.2, 0.25) is 0 Å². The summed E-state index contributed by atoms with van der Waals surface area (Å²) in [5.74, 6) is 0.235. The minimum atomic E-state index is 0.235. The number of Topliss-reactive ketones (excluding diaryl/α,β-unsaturated/α-hetero) is 1. The van der Waals surface area contributed by atoms with Gasteiger partial charge in [-0.05, 0) is 45.1 Å². The Bertz CT molecular complexity index is 576. The molecule has 2 rings (SSSR count). The molecular weight excluding hydrogens is 260 g/mol. The Balaban J connectivity index is 2.10. The molecule has 1 unspecified atom stereocenters. The normalized spacial score (nSPS) is 12.4. The molecule has 2 aromatic rings. The van der Waals surface area contributed by atoms with Crippen molar-refractivity contribution in [1.29, 1.82) is 0 Å². The van der Waals surface area contributed by atoms with Gasteiger partial charge in [0.1, 0.15) is 5.78 Å². The van der Waals surface area contributed by atoms with Crippen LogP contribution in [-0.4, -0.2) is 35.8 Å².